The lowest BCUT2D eigenvalue weighted by molar-refractivity contribution is 0.791. The lowest BCUT2D eigenvalue weighted by Crippen LogP contribution is -2.06. The van der Waals surface area contributed by atoms with Crippen LogP contribution in [0.25, 0.3) is 0 Å². The number of hydrogen-bond donors (Lipinski definition) is 0. The van der Waals surface area contributed by atoms with Gasteiger partial charge in [-0.25, -0.2) is 0 Å². The fraction of sp³-hybridized carbons (Fsp3) is 0.400. The van der Waals surface area contributed by atoms with Gasteiger partial charge in [-0.05, 0) is 26.3 Å². The van der Waals surface area contributed by atoms with Crippen LogP contribution in [0.4, 0.5) is 0 Å². The Kier molecular flexibility index (Phi) is 2.28. The third-order valence-electron chi connectivity index (χ3n) is 1.75. The molecule has 11 heavy (non-hydrogen) atoms. The van der Waals surface area contributed by atoms with Gasteiger partial charge < -0.3 is 0 Å². The van der Waals surface area contributed by atoms with Crippen molar-refractivity contribution in [2.45, 2.75) is 25.5 Å². The van der Waals surface area contributed by atoms with Crippen molar-refractivity contribution in [3.8, 4) is 0 Å². The highest BCUT2D eigenvalue weighted by molar-refractivity contribution is 7.81. The molecule has 59 valence electrons. The molecule has 0 aliphatic rings. The molecular weight excluding hydrogens is 152 g/mol. The minimum Gasteiger partial charge on any atom is -0.0822 e. The molecule has 1 aromatic rings. The van der Waals surface area contributed by atoms with Crippen LogP contribution >= 0.6 is 12.6 Å². The maximum atomic E-state index is 5.29. The molecule has 0 unspecified atom stereocenters. The van der Waals surface area contributed by atoms with E-state index in [0.29, 0.717) is 0 Å². The maximum absolute atomic E-state index is 5.29. The van der Waals surface area contributed by atoms with Crippen LogP contribution in [-0.4, -0.2) is 0 Å². The lowest BCUT2D eigenvalue weighted by Gasteiger charge is -2.16. The molecular formula is C10H13S. The van der Waals surface area contributed by atoms with Gasteiger partial charge in [0.2, 0.25) is 0 Å². The van der Waals surface area contributed by atoms with Gasteiger partial charge in [-0.2, -0.15) is 0 Å². The van der Waals surface area contributed by atoms with Crippen molar-refractivity contribution in [2.24, 2.45) is 0 Å². The van der Waals surface area contributed by atoms with E-state index in [0.717, 1.165) is 0 Å². The monoisotopic (exact) mass is 165 g/mol. The van der Waals surface area contributed by atoms with E-state index in [9.17, 15) is 0 Å². The summed E-state index contributed by atoms with van der Waals surface area (Å²) in [5, 5.41) is 0. The molecule has 0 atom stereocenters. The van der Waals surface area contributed by atoms with Crippen LogP contribution in [0.5, 0.6) is 0 Å². The molecule has 1 rings (SSSR count). The van der Waals surface area contributed by atoms with Crippen LogP contribution in [0.3, 0.4) is 0 Å². The van der Waals surface area contributed by atoms with E-state index in [1.165, 1.54) is 11.1 Å². The van der Waals surface area contributed by atoms with Crippen LogP contribution < -0.4 is 0 Å². The van der Waals surface area contributed by atoms with E-state index in [1.54, 1.807) is 0 Å². The van der Waals surface area contributed by atoms with Crippen LogP contribution in [0.1, 0.15) is 25.0 Å². The zero-order valence-corrected chi connectivity index (χ0v) is 8.03. The smallest absolute Gasteiger partial charge is 0.0455 e. The van der Waals surface area contributed by atoms with Gasteiger partial charge in [0.15, 0.2) is 0 Å². The summed E-state index contributed by atoms with van der Waals surface area (Å²) in [5.41, 5.74) is 2.51. The topological polar surface area (TPSA) is 0 Å². The quantitative estimate of drug-likeness (QED) is 0.598. The SMILES string of the molecule is Cc1ccc(C(C)(C)[S])cc1. The van der Waals surface area contributed by atoms with Crippen molar-refractivity contribution in [3.63, 3.8) is 0 Å². The normalized spacial score (nSPS) is 11.6. The summed E-state index contributed by atoms with van der Waals surface area (Å²) in [7, 11) is 0. The first-order valence-electron chi connectivity index (χ1n) is 3.78. The van der Waals surface area contributed by atoms with E-state index in [2.05, 4.69) is 31.2 Å². The minimum absolute atomic E-state index is 0.131. The average Bonchev–Trinajstić information content (AvgIpc) is 1.86. The molecule has 1 radical (unpaired) electrons. The Morgan fingerprint density at radius 2 is 1.55 bits per heavy atom. The standard InChI is InChI=1S/C10H13S/c1-8-4-6-9(7-5-8)10(2,3)11/h4-7H,1-3H3. The Labute approximate surface area is 74.0 Å². The summed E-state index contributed by atoms with van der Waals surface area (Å²) in [4.78, 5) is 0. The molecule has 0 heterocycles. The molecule has 0 spiro atoms. The van der Waals surface area contributed by atoms with Gasteiger partial charge in [0.25, 0.3) is 0 Å². The molecule has 0 N–H and O–H groups in total. The zero-order chi connectivity index (χ0) is 8.48. The molecule has 0 aromatic heterocycles. The number of aryl methyl sites for hydroxylation is 1. The number of rotatable bonds is 1. The third kappa shape index (κ3) is 2.26. The molecule has 1 aromatic carbocycles. The van der Waals surface area contributed by atoms with E-state index in [1.807, 2.05) is 13.8 Å². The molecule has 0 fully saturated rings. The van der Waals surface area contributed by atoms with Gasteiger partial charge >= 0.3 is 0 Å². The van der Waals surface area contributed by atoms with Gasteiger partial charge in [0.05, 0.1) is 0 Å². The Bertz CT molecular complexity index is 228. The average molecular weight is 165 g/mol. The number of hydrogen-bond acceptors (Lipinski definition) is 0. The highest BCUT2D eigenvalue weighted by Crippen LogP contribution is 2.26. The first-order chi connectivity index (χ1) is 5.00. The second-order valence-electron chi connectivity index (χ2n) is 3.38. The molecule has 0 aliphatic carbocycles. The van der Waals surface area contributed by atoms with E-state index >= 15 is 0 Å². The van der Waals surface area contributed by atoms with Crippen LogP contribution in [0.2, 0.25) is 0 Å². The molecule has 0 saturated carbocycles. The highest BCUT2D eigenvalue weighted by atomic mass is 32.1. The van der Waals surface area contributed by atoms with E-state index < -0.39 is 0 Å². The molecule has 0 nitrogen and oxygen atoms in total. The molecule has 0 aliphatic heterocycles. The summed E-state index contributed by atoms with van der Waals surface area (Å²) in [6, 6.07) is 8.40. The summed E-state index contributed by atoms with van der Waals surface area (Å²) in [5.74, 6) is 0. The van der Waals surface area contributed by atoms with Gasteiger partial charge in [-0.3, -0.25) is 0 Å². The van der Waals surface area contributed by atoms with Crippen molar-refractivity contribution in [1.82, 2.24) is 0 Å². The first kappa shape index (κ1) is 8.66. The molecule has 0 amide bonds. The third-order valence-corrected chi connectivity index (χ3v) is 1.98. The first-order valence-corrected chi connectivity index (χ1v) is 4.18. The van der Waals surface area contributed by atoms with Crippen LogP contribution in [-0.2, 0) is 4.75 Å². The zero-order valence-electron chi connectivity index (χ0n) is 7.22. The van der Waals surface area contributed by atoms with E-state index in [4.69, 9.17) is 12.6 Å². The summed E-state index contributed by atoms with van der Waals surface area (Å²) >= 11 is 5.29. The van der Waals surface area contributed by atoms with Gasteiger partial charge in [-0.1, -0.05) is 42.5 Å². The largest absolute Gasteiger partial charge is 0.0822 e. The molecule has 1 heteroatoms. The minimum atomic E-state index is -0.131. The van der Waals surface area contributed by atoms with Crippen molar-refractivity contribution in [1.29, 1.82) is 0 Å². The maximum Gasteiger partial charge on any atom is 0.0455 e. The Morgan fingerprint density at radius 3 is 1.91 bits per heavy atom. The highest BCUT2D eigenvalue weighted by Gasteiger charge is 2.14. The van der Waals surface area contributed by atoms with Gasteiger partial charge in [0.1, 0.15) is 0 Å². The Balaban J connectivity index is 2.99. The molecule has 0 saturated heterocycles. The predicted molar refractivity (Wildman–Crippen MR) is 51.8 cm³/mol. The van der Waals surface area contributed by atoms with Crippen LogP contribution in [0.15, 0.2) is 24.3 Å². The van der Waals surface area contributed by atoms with E-state index in [-0.39, 0.29) is 4.75 Å². The fourth-order valence-electron chi connectivity index (χ4n) is 0.955. The lowest BCUT2D eigenvalue weighted by atomic mass is 10.0. The summed E-state index contributed by atoms with van der Waals surface area (Å²) < 4.78 is -0.131. The van der Waals surface area contributed by atoms with Crippen molar-refractivity contribution in [3.05, 3.63) is 35.4 Å². The predicted octanol–water partition coefficient (Wildman–Crippen LogP) is 3.43. The van der Waals surface area contributed by atoms with Crippen molar-refractivity contribution >= 4 is 12.6 Å². The Hall–Kier alpha value is -0.430. The van der Waals surface area contributed by atoms with Gasteiger partial charge in [-0.15, -0.1) is 0 Å². The summed E-state index contributed by atoms with van der Waals surface area (Å²) in [6.45, 7) is 6.18. The van der Waals surface area contributed by atoms with Gasteiger partial charge in [0, 0.05) is 4.75 Å². The van der Waals surface area contributed by atoms with Crippen molar-refractivity contribution in [2.75, 3.05) is 0 Å². The Morgan fingerprint density at radius 1 is 1.09 bits per heavy atom. The van der Waals surface area contributed by atoms with Crippen molar-refractivity contribution < 1.29 is 0 Å². The fourth-order valence-corrected chi connectivity index (χ4v) is 1.09. The second kappa shape index (κ2) is 2.90. The summed E-state index contributed by atoms with van der Waals surface area (Å²) in [6.07, 6.45) is 0. The van der Waals surface area contributed by atoms with Crippen LogP contribution in [0, 0.1) is 6.92 Å². The second-order valence-corrected chi connectivity index (χ2v) is 4.40. The number of benzene rings is 1. The molecule has 0 bridgehead atoms.